The van der Waals surface area contributed by atoms with Crippen LogP contribution in [0.5, 0.6) is 17.2 Å². The van der Waals surface area contributed by atoms with Crippen molar-refractivity contribution in [3.8, 4) is 17.2 Å². The third-order valence-corrected chi connectivity index (χ3v) is 7.47. The molecule has 1 saturated heterocycles. The molecule has 0 radical (unpaired) electrons. The Bertz CT molecular complexity index is 1430. The lowest BCUT2D eigenvalue weighted by atomic mass is 10.0. The molecule has 2 amide bonds. The maximum Gasteiger partial charge on any atom is 0.407 e. The number of hydrogen-bond donors (Lipinski definition) is 2. The quantitative estimate of drug-likeness (QED) is 0.417. The molecule has 40 heavy (non-hydrogen) atoms. The maximum absolute atomic E-state index is 12.8. The Morgan fingerprint density at radius 2 is 1.82 bits per heavy atom. The van der Waals surface area contributed by atoms with Gasteiger partial charge in [-0.25, -0.2) is 4.79 Å². The number of pyridine rings is 1. The van der Waals surface area contributed by atoms with Gasteiger partial charge in [0.15, 0.2) is 18.1 Å². The smallest absolute Gasteiger partial charge is 0.407 e. The SMILES string of the molecule is CNC(=O)COc1cccc2c1ccc(=O)n2CCN1CCC(N(Cc2ccc3c(c2)OCCO3)C(=O)O)CC1. The molecule has 1 fully saturated rings. The van der Waals surface area contributed by atoms with Crippen molar-refractivity contribution in [1.82, 2.24) is 19.7 Å². The molecule has 0 unspecified atom stereocenters. The Balaban J connectivity index is 1.20. The number of rotatable bonds is 9. The second-order valence-electron chi connectivity index (χ2n) is 9.94. The second-order valence-corrected chi connectivity index (χ2v) is 9.94. The summed E-state index contributed by atoms with van der Waals surface area (Å²) in [6.45, 7) is 3.78. The van der Waals surface area contributed by atoms with Crippen LogP contribution < -0.4 is 25.1 Å². The summed E-state index contributed by atoms with van der Waals surface area (Å²) in [4.78, 5) is 40.3. The zero-order valence-corrected chi connectivity index (χ0v) is 22.5. The molecule has 0 aliphatic carbocycles. The fourth-order valence-corrected chi connectivity index (χ4v) is 5.30. The number of nitrogens with one attached hydrogen (secondary N) is 1. The number of fused-ring (bicyclic) bond motifs is 2. The van der Waals surface area contributed by atoms with Gasteiger partial charge in [-0.3, -0.25) is 9.59 Å². The summed E-state index contributed by atoms with van der Waals surface area (Å²) in [5.74, 6) is 1.64. The van der Waals surface area contributed by atoms with Gasteiger partial charge < -0.3 is 39.0 Å². The van der Waals surface area contributed by atoms with Crippen molar-refractivity contribution < 1.29 is 28.9 Å². The number of carbonyl (C=O) groups is 2. The molecule has 1 aromatic heterocycles. The first-order valence-corrected chi connectivity index (χ1v) is 13.5. The standard InChI is InChI=1S/C29H34N4O7/c1-30-27(34)19-40-24-4-2-3-23-22(24)6-8-28(35)32(23)14-13-31-11-9-21(10-12-31)33(29(36)37)18-20-5-7-25-26(17-20)39-16-15-38-25/h2-8,17,21H,9-16,18-19H2,1H3,(H,30,34)(H,36,37). The maximum atomic E-state index is 12.8. The summed E-state index contributed by atoms with van der Waals surface area (Å²) in [6, 6.07) is 14.2. The molecule has 2 aliphatic heterocycles. The van der Waals surface area contributed by atoms with Gasteiger partial charge in [0.2, 0.25) is 0 Å². The lowest BCUT2D eigenvalue weighted by Gasteiger charge is -2.37. The summed E-state index contributed by atoms with van der Waals surface area (Å²) in [7, 11) is 1.55. The molecule has 0 atom stereocenters. The summed E-state index contributed by atoms with van der Waals surface area (Å²) in [5, 5.41) is 13.3. The Morgan fingerprint density at radius 1 is 1.05 bits per heavy atom. The normalized spacial score (nSPS) is 15.5. The zero-order valence-electron chi connectivity index (χ0n) is 22.5. The highest BCUT2D eigenvalue weighted by atomic mass is 16.6. The minimum Gasteiger partial charge on any atom is -0.486 e. The largest absolute Gasteiger partial charge is 0.486 e. The van der Waals surface area contributed by atoms with Crippen LogP contribution in [0.4, 0.5) is 4.79 Å². The van der Waals surface area contributed by atoms with Crippen LogP contribution in [0.15, 0.2) is 53.3 Å². The summed E-state index contributed by atoms with van der Waals surface area (Å²) in [5.41, 5.74) is 1.50. The number of carbonyl (C=O) groups excluding carboxylic acids is 1. The number of likely N-dealkylation sites (tertiary alicyclic amines) is 1. The molecule has 2 aliphatic rings. The molecule has 0 spiro atoms. The number of piperidine rings is 1. The lowest BCUT2D eigenvalue weighted by Crippen LogP contribution is -2.47. The highest BCUT2D eigenvalue weighted by Crippen LogP contribution is 2.32. The minimum absolute atomic E-state index is 0.0951. The summed E-state index contributed by atoms with van der Waals surface area (Å²) >= 11 is 0. The average Bonchev–Trinajstić information content (AvgIpc) is 2.98. The number of benzene rings is 2. The molecule has 2 aromatic carbocycles. The fourth-order valence-electron chi connectivity index (χ4n) is 5.30. The van der Waals surface area contributed by atoms with Crippen LogP contribution in [0, 0.1) is 0 Å². The van der Waals surface area contributed by atoms with Crippen LogP contribution in [-0.2, 0) is 17.9 Å². The van der Waals surface area contributed by atoms with Gasteiger partial charge in [0, 0.05) is 57.3 Å². The van der Waals surface area contributed by atoms with Gasteiger partial charge in [0.05, 0.1) is 5.52 Å². The molecule has 3 aromatic rings. The van der Waals surface area contributed by atoms with Gasteiger partial charge in [-0.05, 0) is 48.7 Å². The van der Waals surface area contributed by atoms with Crippen LogP contribution in [0.3, 0.4) is 0 Å². The monoisotopic (exact) mass is 550 g/mol. The topological polar surface area (TPSA) is 123 Å². The first-order chi connectivity index (χ1) is 19.4. The first-order valence-electron chi connectivity index (χ1n) is 13.5. The number of likely N-dealkylation sites (N-methyl/N-ethyl adjacent to an activating group) is 1. The predicted molar refractivity (Wildman–Crippen MR) is 148 cm³/mol. The lowest BCUT2D eigenvalue weighted by molar-refractivity contribution is -0.122. The molecule has 212 valence electrons. The predicted octanol–water partition coefficient (Wildman–Crippen LogP) is 2.54. The van der Waals surface area contributed by atoms with Crippen LogP contribution in [0.1, 0.15) is 18.4 Å². The number of ether oxygens (including phenoxy) is 3. The van der Waals surface area contributed by atoms with E-state index in [0.717, 1.165) is 29.6 Å². The number of hydrogen-bond acceptors (Lipinski definition) is 7. The van der Waals surface area contributed by atoms with Crippen molar-refractivity contribution in [2.75, 3.05) is 46.5 Å². The molecule has 5 rings (SSSR count). The van der Waals surface area contributed by atoms with E-state index in [1.165, 1.54) is 11.0 Å². The molecule has 11 nitrogen and oxygen atoms in total. The fraction of sp³-hybridized carbons (Fsp3) is 0.414. The van der Waals surface area contributed by atoms with E-state index in [1.54, 1.807) is 23.7 Å². The van der Waals surface area contributed by atoms with Gasteiger partial charge in [-0.2, -0.15) is 0 Å². The molecular formula is C29H34N4O7. The second kappa shape index (κ2) is 12.3. The van der Waals surface area contributed by atoms with Crippen molar-refractivity contribution in [1.29, 1.82) is 0 Å². The number of amides is 2. The average molecular weight is 551 g/mol. The Morgan fingerprint density at radius 3 is 2.58 bits per heavy atom. The van der Waals surface area contributed by atoms with Crippen LogP contribution in [0.25, 0.3) is 10.9 Å². The van der Waals surface area contributed by atoms with Crippen LogP contribution in [0.2, 0.25) is 0 Å². The molecular weight excluding hydrogens is 516 g/mol. The third kappa shape index (κ3) is 6.15. The van der Waals surface area contributed by atoms with E-state index < -0.39 is 6.09 Å². The van der Waals surface area contributed by atoms with E-state index in [9.17, 15) is 19.5 Å². The highest BCUT2D eigenvalue weighted by molar-refractivity contribution is 5.86. The van der Waals surface area contributed by atoms with Gasteiger partial charge >= 0.3 is 6.09 Å². The van der Waals surface area contributed by atoms with Crippen molar-refractivity contribution in [3.63, 3.8) is 0 Å². The van der Waals surface area contributed by atoms with Gasteiger partial charge in [-0.1, -0.05) is 12.1 Å². The van der Waals surface area contributed by atoms with E-state index in [1.807, 2.05) is 30.3 Å². The van der Waals surface area contributed by atoms with E-state index in [-0.39, 0.29) is 30.7 Å². The van der Waals surface area contributed by atoms with Gasteiger partial charge in [0.1, 0.15) is 19.0 Å². The minimum atomic E-state index is -0.940. The van der Waals surface area contributed by atoms with Gasteiger partial charge in [0.25, 0.3) is 11.5 Å². The summed E-state index contributed by atoms with van der Waals surface area (Å²) in [6.07, 6.45) is 0.474. The van der Waals surface area contributed by atoms with Crippen LogP contribution >= 0.6 is 0 Å². The van der Waals surface area contributed by atoms with E-state index in [2.05, 4.69) is 10.2 Å². The molecule has 0 bridgehead atoms. The Hall–Kier alpha value is -4.25. The highest BCUT2D eigenvalue weighted by Gasteiger charge is 2.28. The molecule has 2 N–H and O–H groups in total. The number of carboxylic acid groups (broad SMARTS) is 1. The third-order valence-electron chi connectivity index (χ3n) is 7.47. The Kier molecular flexibility index (Phi) is 8.40. The molecule has 0 saturated carbocycles. The zero-order chi connectivity index (χ0) is 28.1. The molecule has 11 heteroatoms. The Labute approximate surface area is 231 Å². The van der Waals surface area contributed by atoms with Gasteiger partial charge in [-0.15, -0.1) is 0 Å². The van der Waals surface area contributed by atoms with E-state index in [4.69, 9.17) is 14.2 Å². The number of aromatic nitrogens is 1. The van der Waals surface area contributed by atoms with Crippen molar-refractivity contribution in [3.05, 3.63) is 64.4 Å². The first kappa shape index (κ1) is 27.3. The number of nitrogens with zero attached hydrogens (tertiary/aromatic N) is 3. The van der Waals surface area contributed by atoms with E-state index >= 15 is 0 Å². The van der Waals surface area contributed by atoms with Crippen molar-refractivity contribution >= 4 is 22.9 Å². The molecule has 3 heterocycles. The summed E-state index contributed by atoms with van der Waals surface area (Å²) < 4.78 is 18.6. The van der Waals surface area contributed by atoms with E-state index in [0.29, 0.717) is 56.4 Å². The van der Waals surface area contributed by atoms with Crippen molar-refractivity contribution in [2.45, 2.75) is 32.0 Å². The van der Waals surface area contributed by atoms with Crippen molar-refractivity contribution in [2.24, 2.45) is 0 Å². The van der Waals surface area contributed by atoms with Crippen LogP contribution in [-0.4, -0.2) is 84.0 Å².